The van der Waals surface area contributed by atoms with E-state index in [-0.39, 0.29) is 4.87 Å². The van der Waals surface area contributed by atoms with Gasteiger partial charge in [-0.05, 0) is 72.8 Å². The Balaban J connectivity index is 1.29. The van der Waals surface area contributed by atoms with E-state index < -0.39 is 0 Å². The van der Waals surface area contributed by atoms with Crippen LogP contribution in [0, 0.1) is 24.7 Å². The van der Waals surface area contributed by atoms with E-state index in [0.717, 1.165) is 22.6 Å². The molecule has 3 aromatic rings. The van der Waals surface area contributed by atoms with Gasteiger partial charge in [0.25, 0.3) is 0 Å². The second-order valence-electron chi connectivity index (χ2n) is 8.96. The minimum Gasteiger partial charge on any atom is -0.489 e. The van der Waals surface area contributed by atoms with E-state index >= 15 is 0 Å². The summed E-state index contributed by atoms with van der Waals surface area (Å²) in [6.45, 7) is 2.71. The van der Waals surface area contributed by atoms with Crippen LogP contribution < -0.4 is 9.61 Å². The highest BCUT2D eigenvalue weighted by molar-refractivity contribution is 8.00. The molecule has 154 valence electrons. The minimum absolute atomic E-state index is 0.0861. The van der Waals surface area contributed by atoms with Crippen LogP contribution in [-0.4, -0.2) is 10.2 Å². The van der Waals surface area contributed by atoms with Crippen LogP contribution in [0.3, 0.4) is 0 Å². The topological polar surface area (TPSA) is 42.1 Å². The quantitative estimate of drug-likeness (QED) is 0.548. The Labute approximate surface area is 184 Å². The fourth-order valence-electron chi connectivity index (χ4n) is 5.93. The van der Waals surface area contributed by atoms with Gasteiger partial charge in [-0.3, -0.25) is 4.79 Å². The van der Waals surface area contributed by atoms with Crippen LogP contribution in [0.25, 0.3) is 0 Å². The van der Waals surface area contributed by atoms with Crippen LogP contribution in [0.5, 0.6) is 5.75 Å². The van der Waals surface area contributed by atoms with Crippen molar-refractivity contribution in [3.05, 3.63) is 79.8 Å². The number of hydrogen-bond donors (Lipinski definition) is 1. The number of H-pyrrole nitrogens is 1. The fourth-order valence-corrected chi connectivity index (χ4v) is 8.82. The zero-order chi connectivity index (χ0) is 20.2. The molecule has 2 heterocycles. The van der Waals surface area contributed by atoms with E-state index in [1.807, 2.05) is 11.8 Å². The van der Waals surface area contributed by atoms with Gasteiger partial charge in [0.15, 0.2) is 0 Å². The Morgan fingerprint density at radius 2 is 1.87 bits per heavy atom. The van der Waals surface area contributed by atoms with Gasteiger partial charge in [0.1, 0.15) is 12.4 Å². The highest BCUT2D eigenvalue weighted by atomic mass is 32.2. The first-order valence-corrected chi connectivity index (χ1v) is 12.5. The molecule has 0 radical (unpaired) electrons. The number of aryl methyl sites for hydroxylation is 1. The van der Waals surface area contributed by atoms with E-state index in [1.54, 1.807) is 0 Å². The number of nitrogens with one attached hydrogen (secondary N) is 1. The largest absolute Gasteiger partial charge is 0.489 e. The number of aromatic nitrogens is 1. The molecule has 2 saturated carbocycles. The van der Waals surface area contributed by atoms with Gasteiger partial charge in [0, 0.05) is 16.0 Å². The lowest BCUT2D eigenvalue weighted by molar-refractivity contribution is 0.302. The van der Waals surface area contributed by atoms with Crippen LogP contribution in [0.1, 0.15) is 46.7 Å². The number of benzene rings is 2. The Morgan fingerprint density at radius 3 is 2.70 bits per heavy atom. The Morgan fingerprint density at radius 1 is 1.07 bits per heavy atom. The summed E-state index contributed by atoms with van der Waals surface area (Å²) >= 11 is 3.37. The minimum atomic E-state index is 0.0861. The molecule has 0 amide bonds. The maximum atomic E-state index is 12.2. The molecular formula is C25H25NO2S2. The van der Waals surface area contributed by atoms with Crippen molar-refractivity contribution >= 4 is 23.1 Å². The molecule has 30 heavy (non-hydrogen) atoms. The smallest absolute Gasteiger partial charge is 0.305 e. The summed E-state index contributed by atoms with van der Waals surface area (Å²) in [5.74, 6) is 3.53. The van der Waals surface area contributed by atoms with Crippen molar-refractivity contribution in [2.75, 3.05) is 0 Å². The van der Waals surface area contributed by atoms with Crippen LogP contribution in [0.2, 0.25) is 0 Å². The monoisotopic (exact) mass is 435 g/mol. The lowest BCUT2D eigenvalue weighted by atomic mass is 9.75. The first-order valence-electron chi connectivity index (χ1n) is 10.8. The molecule has 5 heteroatoms. The molecule has 0 spiro atoms. The number of fused-ring (bicyclic) bond motifs is 6. The number of thiazole rings is 1. The van der Waals surface area contributed by atoms with Crippen molar-refractivity contribution in [2.24, 2.45) is 17.8 Å². The van der Waals surface area contributed by atoms with E-state index in [1.165, 1.54) is 52.2 Å². The van der Waals surface area contributed by atoms with Gasteiger partial charge >= 0.3 is 4.87 Å². The van der Waals surface area contributed by atoms with Gasteiger partial charge in [0.05, 0.1) is 5.03 Å². The third-order valence-electron chi connectivity index (χ3n) is 7.36. The predicted molar refractivity (Wildman–Crippen MR) is 123 cm³/mol. The van der Waals surface area contributed by atoms with Crippen molar-refractivity contribution in [3.63, 3.8) is 0 Å². The molecule has 2 fully saturated rings. The van der Waals surface area contributed by atoms with E-state index in [4.69, 9.17) is 4.74 Å². The molecular weight excluding hydrogens is 410 g/mol. The molecule has 1 N–H and O–H groups in total. The highest BCUT2D eigenvalue weighted by Gasteiger charge is 2.54. The zero-order valence-electron chi connectivity index (χ0n) is 17.0. The third kappa shape index (κ3) is 3.05. The summed E-state index contributed by atoms with van der Waals surface area (Å²) in [5.41, 5.74) is 3.81. The molecule has 6 rings (SSSR count). The number of ether oxygens (including phenoxy) is 1. The summed E-state index contributed by atoms with van der Waals surface area (Å²) in [6, 6.07) is 17.0. The van der Waals surface area contributed by atoms with Gasteiger partial charge in [-0.1, -0.05) is 47.7 Å². The first kappa shape index (κ1) is 18.8. The van der Waals surface area contributed by atoms with Gasteiger partial charge in [-0.2, -0.15) is 0 Å². The summed E-state index contributed by atoms with van der Waals surface area (Å²) < 4.78 is 6.07. The van der Waals surface area contributed by atoms with Crippen molar-refractivity contribution < 1.29 is 4.74 Å². The van der Waals surface area contributed by atoms with Crippen molar-refractivity contribution in [2.45, 2.75) is 49.0 Å². The summed E-state index contributed by atoms with van der Waals surface area (Å²) in [4.78, 5) is 16.6. The molecule has 2 aliphatic carbocycles. The molecule has 3 aliphatic rings. The molecule has 1 aliphatic heterocycles. The number of rotatable bonds is 4. The van der Waals surface area contributed by atoms with Crippen molar-refractivity contribution in [3.8, 4) is 5.75 Å². The first-order chi connectivity index (χ1) is 14.7. The third-order valence-corrected chi connectivity index (χ3v) is 9.98. The Hall–Kier alpha value is -1.98. The lowest BCUT2D eigenvalue weighted by Gasteiger charge is -2.40. The van der Waals surface area contributed by atoms with Gasteiger partial charge < -0.3 is 9.72 Å². The second-order valence-corrected chi connectivity index (χ2v) is 11.2. The summed E-state index contributed by atoms with van der Waals surface area (Å²) in [6.07, 6.45) is 4.09. The molecule has 3 nitrogen and oxygen atoms in total. The Bertz CT molecular complexity index is 1130. The maximum absolute atomic E-state index is 12.2. The molecule has 0 saturated heterocycles. The lowest BCUT2D eigenvalue weighted by Crippen LogP contribution is -2.33. The van der Waals surface area contributed by atoms with Crippen LogP contribution in [0.4, 0.5) is 0 Å². The number of aromatic amines is 1. The summed E-state index contributed by atoms with van der Waals surface area (Å²) in [5, 5.41) is 1.78. The molecule has 5 atom stereocenters. The van der Waals surface area contributed by atoms with E-state index in [9.17, 15) is 4.79 Å². The molecule has 4 unspecified atom stereocenters. The van der Waals surface area contributed by atoms with Gasteiger partial charge in [-0.15, -0.1) is 11.8 Å². The van der Waals surface area contributed by atoms with Gasteiger partial charge in [-0.25, -0.2) is 0 Å². The van der Waals surface area contributed by atoms with Crippen molar-refractivity contribution in [1.29, 1.82) is 0 Å². The standard InChI is InChI=1S/C25H25NO2S2/c1-14-4-2-3-5-18(14)13-28-19-10-8-15(9-11-19)20-21-16-6-7-17(12-16)22(21)29-24-23(20)30-25(27)26-24/h2-5,8-11,16-17,20-22H,6-7,12-13H2,1H3,(H,26,27)/t16?,17?,20-,21?,22?/m1/s1. The van der Waals surface area contributed by atoms with E-state index in [0.29, 0.717) is 23.7 Å². The summed E-state index contributed by atoms with van der Waals surface area (Å²) in [7, 11) is 0. The van der Waals surface area contributed by atoms with Crippen molar-refractivity contribution in [1.82, 2.24) is 4.98 Å². The second kappa shape index (κ2) is 7.31. The van der Waals surface area contributed by atoms with E-state index in [2.05, 4.69) is 60.4 Å². The van der Waals surface area contributed by atoms with Crippen LogP contribution in [-0.2, 0) is 6.61 Å². The average Bonchev–Trinajstić information content (AvgIpc) is 3.46. The maximum Gasteiger partial charge on any atom is 0.305 e. The predicted octanol–water partition coefficient (Wildman–Crippen LogP) is 5.98. The molecule has 1 aromatic heterocycles. The zero-order valence-corrected chi connectivity index (χ0v) is 18.6. The van der Waals surface area contributed by atoms with Crippen LogP contribution in [0.15, 0.2) is 58.4 Å². The molecule has 2 aromatic carbocycles. The number of thioether (sulfide) groups is 1. The average molecular weight is 436 g/mol. The molecule has 2 bridgehead atoms. The van der Waals surface area contributed by atoms with Gasteiger partial charge in [0.2, 0.25) is 0 Å². The SMILES string of the molecule is Cc1ccccc1COc1ccc([C@H]2c3sc(=O)[nH]c3SC3C4CCC(C4)C32)cc1. The Kier molecular flexibility index (Phi) is 4.57. The number of hydrogen-bond acceptors (Lipinski definition) is 4. The van der Waals surface area contributed by atoms with Crippen LogP contribution >= 0.6 is 23.1 Å². The highest BCUT2D eigenvalue weighted by Crippen LogP contribution is 2.63. The fraction of sp³-hybridized carbons (Fsp3) is 0.400. The normalized spacial score (nSPS) is 28.9.